The maximum atomic E-state index is 5.50. The van der Waals surface area contributed by atoms with Gasteiger partial charge in [-0.15, -0.1) is 0 Å². The number of aliphatic imine (C=N–C) groups is 4. The molecule has 74 valence electrons. The summed E-state index contributed by atoms with van der Waals surface area (Å²) in [6, 6.07) is -0.301. The van der Waals surface area contributed by atoms with Crippen LogP contribution in [0, 0.1) is 0 Å². The highest BCUT2D eigenvalue weighted by Crippen LogP contribution is 2.12. The molecule has 0 amide bonds. The molecule has 2 heterocycles. The molecule has 2 aliphatic heterocycles. The molecule has 0 aromatic carbocycles. The molecule has 0 aliphatic carbocycles. The van der Waals surface area contributed by atoms with Crippen LogP contribution in [0.5, 0.6) is 0 Å². The molecular weight excluding hydrogens is 182 g/mol. The summed E-state index contributed by atoms with van der Waals surface area (Å²) in [6.07, 6.45) is 1.48. The van der Waals surface area contributed by atoms with Gasteiger partial charge in [-0.2, -0.15) is 9.98 Å². The summed E-state index contributed by atoms with van der Waals surface area (Å²) >= 11 is 0. The van der Waals surface area contributed by atoms with Gasteiger partial charge >= 0.3 is 0 Å². The second-order valence-electron chi connectivity index (χ2n) is 3.24. The van der Waals surface area contributed by atoms with Crippen molar-refractivity contribution in [1.29, 1.82) is 0 Å². The number of amidine groups is 1. The van der Waals surface area contributed by atoms with Gasteiger partial charge < -0.3 is 10.5 Å². The summed E-state index contributed by atoms with van der Waals surface area (Å²) in [5, 5.41) is 0. The van der Waals surface area contributed by atoms with E-state index in [0.717, 1.165) is 0 Å². The van der Waals surface area contributed by atoms with Gasteiger partial charge in [0.1, 0.15) is 6.34 Å². The van der Waals surface area contributed by atoms with E-state index in [2.05, 4.69) is 20.0 Å². The van der Waals surface area contributed by atoms with Crippen LogP contribution in [0.25, 0.3) is 0 Å². The standard InChI is InChI=1S/C8H11N5O/c1-4(2)14-7-5-6(11-3-10-5)12-8(9)13-7/h3-5H,1-2H3,(H2,9,10,11,12). The molecule has 6 heteroatoms. The highest BCUT2D eigenvalue weighted by Gasteiger charge is 2.30. The van der Waals surface area contributed by atoms with Crippen molar-refractivity contribution in [2.45, 2.75) is 26.0 Å². The average Bonchev–Trinajstić information content (AvgIpc) is 2.50. The maximum Gasteiger partial charge on any atom is 0.225 e. The van der Waals surface area contributed by atoms with Crippen LogP contribution in [-0.4, -0.2) is 36.2 Å². The molecule has 14 heavy (non-hydrogen) atoms. The second kappa shape index (κ2) is 3.21. The van der Waals surface area contributed by atoms with Crippen LogP contribution >= 0.6 is 0 Å². The lowest BCUT2D eigenvalue weighted by molar-refractivity contribution is 0.222. The molecule has 0 bridgehead atoms. The van der Waals surface area contributed by atoms with Crippen molar-refractivity contribution in [3.63, 3.8) is 0 Å². The summed E-state index contributed by atoms with van der Waals surface area (Å²) in [5.74, 6) is 1.19. The Morgan fingerprint density at radius 1 is 1.43 bits per heavy atom. The van der Waals surface area contributed by atoms with Gasteiger partial charge in [0.05, 0.1) is 6.10 Å². The minimum absolute atomic E-state index is 0.0386. The first-order chi connectivity index (χ1) is 6.66. The van der Waals surface area contributed by atoms with Gasteiger partial charge in [0.25, 0.3) is 0 Å². The van der Waals surface area contributed by atoms with Gasteiger partial charge in [-0.05, 0) is 13.8 Å². The fraction of sp³-hybridized carbons (Fsp3) is 0.500. The van der Waals surface area contributed by atoms with Crippen LogP contribution in [0.1, 0.15) is 13.8 Å². The number of nitrogens with two attached hydrogens (primary N) is 1. The van der Waals surface area contributed by atoms with E-state index < -0.39 is 0 Å². The van der Waals surface area contributed by atoms with Crippen LogP contribution in [0.15, 0.2) is 20.0 Å². The molecule has 0 saturated carbocycles. The van der Waals surface area contributed by atoms with E-state index >= 15 is 0 Å². The molecular formula is C8H11N5O. The molecule has 0 spiro atoms. The molecule has 0 saturated heterocycles. The Balaban J connectivity index is 2.26. The fourth-order valence-corrected chi connectivity index (χ4v) is 1.21. The number of ether oxygens (including phenoxy) is 1. The third-order valence-corrected chi connectivity index (χ3v) is 1.69. The van der Waals surface area contributed by atoms with E-state index in [4.69, 9.17) is 10.5 Å². The van der Waals surface area contributed by atoms with Crippen LogP contribution < -0.4 is 5.73 Å². The number of nitrogens with zero attached hydrogens (tertiary/aromatic N) is 4. The first kappa shape index (κ1) is 8.86. The smallest absolute Gasteiger partial charge is 0.225 e. The van der Waals surface area contributed by atoms with Crippen molar-refractivity contribution < 1.29 is 4.74 Å². The molecule has 0 radical (unpaired) electrons. The predicted molar refractivity (Wildman–Crippen MR) is 55.0 cm³/mol. The number of fused-ring (bicyclic) bond motifs is 1. The Kier molecular flexibility index (Phi) is 2.03. The van der Waals surface area contributed by atoms with Gasteiger partial charge in [0.2, 0.25) is 11.9 Å². The van der Waals surface area contributed by atoms with Crippen LogP contribution in [0.4, 0.5) is 0 Å². The quantitative estimate of drug-likeness (QED) is 0.633. The van der Waals surface area contributed by atoms with Gasteiger partial charge in [-0.25, -0.2) is 4.99 Å². The van der Waals surface area contributed by atoms with Gasteiger partial charge in [0.15, 0.2) is 11.9 Å². The van der Waals surface area contributed by atoms with Crippen LogP contribution in [0.3, 0.4) is 0 Å². The Hall–Kier alpha value is -1.72. The zero-order valence-corrected chi connectivity index (χ0v) is 8.01. The zero-order chi connectivity index (χ0) is 10.1. The van der Waals surface area contributed by atoms with E-state index in [1.165, 1.54) is 6.34 Å². The highest BCUT2D eigenvalue weighted by molar-refractivity contribution is 6.20. The van der Waals surface area contributed by atoms with E-state index in [-0.39, 0.29) is 18.1 Å². The van der Waals surface area contributed by atoms with E-state index in [1.54, 1.807) is 0 Å². The molecule has 2 N–H and O–H groups in total. The minimum Gasteiger partial charge on any atom is -0.476 e. The van der Waals surface area contributed by atoms with Crippen LogP contribution in [-0.2, 0) is 4.74 Å². The summed E-state index contributed by atoms with van der Waals surface area (Å²) in [7, 11) is 0. The van der Waals surface area contributed by atoms with Gasteiger partial charge in [-0.1, -0.05) is 0 Å². The Morgan fingerprint density at radius 2 is 2.21 bits per heavy atom. The topological polar surface area (TPSA) is 84.7 Å². The van der Waals surface area contributed by atoms with Crippen molar-refractivity contribution in [2.24, 2.45) is 25.7 Å². The summed E-state index contributed by atoms with van der Waals surface area (Å²) < 4.78 is 5.47. The normalized spacial score (nSPS) is 24.2. The Labute approximate surface area is 81.3 Å². The maximum absolute atomic E-state index is 5.50. The van der Waals surface area contributed by atoms with Gasteiger partial charge in [0, 0.05) is 0 Å². The number of hydrogen-bond acceptors (Lipinski definition) is 6. The molecule has 1 atom stereocenters. The van der Waals surface area contributed by atoms with E-state index in [9.17, 15) is 0 Å². The lowest BCUT2D eigenvalue weighted by atomic mass is 10.2. The number of guanidine groups is 1. The van der Waals surface area contributed by atoms with Gasteiger partial charge in [-0.3, -0.25) is 4.99 Å². The van der Waals surface area contributed by atoms with E-state index in [0.29, 0.717) is 11.7 Å². The molecule has 1 unspecified atom stereocenters. The van der Waals surface area contributed by atoms with Crippen molar-refractivity contribution in [3.8, 4) is 0 Å². The molecule has 0 aromatic rings. The zero-order valence-electron chi connectivity index (χ0n) is 8.01. The SMILES string of the molecule is CC(C)OC1=NC(N)=NC2=NC=NC21. The monoisotopic (exact) mass is 193 g/mol. The molecule has 0 aromatic heterocycles. The highest BCUT2D eigenvalue weighted by atomic mass is 16.5. The molecule has 6 nitrogen and oxygen atoms in total. The Morgan fingerprint density at radius 3 is 2.93 bits per heavy atom. The lowest BCUT2D eigenvalue weighted by Crippen LogP contribution is -2.35. The minimum atomic E-state index is -0.301. The number of rotatable bonds is 1. The van der Waals surface area contributed by atoms with Crippen molar-refractivity contribution in [3.05, 3.63) is 0 Å². The summed E-state index contributed by atoms with van der Waals surface area (Å²) in [6.45, 7) is 3.83. The fourth-order valence-electron chi connectivity index (χ4n) is 1.21. The third kappa shape index (κ3) is 1.50. The second-order valence-corrected chi connectivity index (χ2v) is 3.24. The number of hydrogen-bond donors (Lipinski definition) is 1. The first-order valence-corrected chi connectivity index (χ1v) is 4.35. The molecule has 0 fully saturated rings. The average molecular weight is 193 g/mol. The van der Waals surface area contributed by atoms with Crippen molar-refractivity contribution in [2.75, 3.05) is 0 Å². The lowest BCUT2D eigenvalue weighted by Gasteiger charge is -2.18. The first-order valence-electron chi connectivity index (χ1n) is 4.35. The summed E-state index contributed by atoms with van der Waals surface area (Å²) in [4.78, 5) is 16.0. The van der Waals surface area contributed by atoms with Crippen molar-refractivity contribution in [1.82, 2.24) is 0 Å². The summed E-state index contributed by atoms with van der Waals surface area (Å²) in [5.41, 5.74) is 5.50. The molecule has 2 rings (SSSR count). The van der Waals surface area contributed by atoms with Crippen molar-refractivity contribution >= 4 is 24.0 Å². The predicted octanol–water partition coefficient (Wildman–Crippen LogP) is -0.0528. The molecule has 2 aliphatic rings. The van der Waals surface area contributed by atoms with E-state index in [1.807, 2.05) is 13.8 Å². The third-order valence-electron chi connectivity index (χ3n) is 1.69. The van der Waals surface area contributed by atoms with Crippen LogP contribution in [0.2, 0.25) is 0 Å². The Bertz CT molecular complexity index is 366. The largest absolute Gasteiger partial charge is 0.476 e.